The van der Waals surface area contributed by atoms with Crippen LogP contribution in [0.5, 0.6) is 0 Å². The molecule has 3 amide bonds. The van der Waals surface area contributed by atoms with Gasteiger partial charge in [0, 0.05) is 25.7 Å². The van der Waals surface area contributed by atoms with Crippen molar-refractivity contribution in [2.75, 3.05) is 32.7 Å². The monoisotopic (exact) mass is 254 g/mol. The van der Waals surface area contributed by atoms with Gasteiger partial charge in [0.15, 0.2) is 0 Å². The molecule has 0 aromatic carbocycles. The molecule has 2 rings (SSSR count). The summed E-state index contributed by atoms with van der Waals surface area (Å²) in [5, 5.41) is 2.54. The van der Waals surface area contributed by atoms with Crippen molar-refractivity contribution < 1.29 is 9.59 Å². The highest BCUT2D eigenvalue weighted by molar-refractivity contribution is 6.01. The molecule has 2 aliphatic heterocycles. The molecule has 0 spiro atoms. The molecule has 6 heteroatoms. The maximum atomic E-state index is 11.5. The van der Waals surface area contributed by atoms with Crippen molar-refractivity contribution in [1.29, 1.82) is 0 Å². The van der Waals surface area contributed by atoms with Gasteiger partial charge in [-0.05, 0) is 25.3 Å². The fraction of sp³-hybridized carbons (Fsp3) is 0.833. The minimum atomic E-state index is -0.269. The van der Waals surface area contributed by atoms with Crippen molar-refractivity contribution in [2.45, 2.75) is 25.8 Å². The Morgan fingerprint density at radius 1 is 1.39 bits per heavy atom. The lowest BCUT2D eigenvalue weighted by Crippen LogP contribution is -2.51. The molecule has 3 N–H and O–H groups in total. The number of urea groups is 1. The molecular formula is C12H22N4O2. The predicted octanol–water partition coefficient (Wildman–Crippen LogP) is -0.403. The number of carbonyl (C=O) groups is 2. The largest absolute Gasteiger partial charge is 0.329 e. The summed E-state index contributed by atoms with van der Waals surface area (Å²) in [5.41, 5.74) is 5.82. The number of nitrogens with zero attached hydrogens (tertiary/aromatic N) is 2. The van der Waals surface area contributed by atoms with Crippen LogP contribution in [-0.4, -0.2) is 60.5 Å². The van der Waals surface area contributed by atoms with Gasteiger partial charge in [0.2, 0.25) is 5.91 Å². The Bertz CT molecular complexity index is 318. The minimum absolute atomic E-state index is 0.130. The van der Waals surface area contributed by atoms with Gasteiger partial charge in [-0.3, -0.25) is 14.6 Å². The summed E-state index contributed by atoms with van der Waals surface area (Å²) in [5.74, 6) is 0.459. The van der Waals surface area contributed by atoms with Crippen LogP contribution in [0.15, 0.2) is 0 Å². The summed E-state index contributed by atoms with van der Waals surface area (Å²) in [6, 6.07) is 0.105. The first-order chi connectivity index (χ1) is 8.63. The number of imide groups is 1. The summed E-state index contributed by atoms with van der Waals surface area (Å²) < 4.78 is 0. The van der Waals surface area contributed by atoms with E-state index in [2.05, 4.69) is 17.1 Å². The summed E-state index contributed by atoms with van der Waals surface area (Å²) in [6.45, 7) is 5.20. The number of piperidine rings is 1. The second-order valence-corrected chi connectivity index (χ2v) is 5.16. The van der Waals surface area contributed by atoms with E-state index >= 15 is 0 Å². The Balaban J connectivity index is 1.88. The first kappa shape index (κ1) is 13.3. The van der Waals surface area contributed by atoms with Crippen LogP contribution < -0.4 is 11.1 Å². The summed E-state index contributed by atoms with van der Waals surface area (Å²) in [7, 11) is 0. The second kappa shape index (κ2) is 5.67. The Labute approximate surface area is 107 Å². The molecule has 0 saturated carbocycles. The quantitative estimate of drug-likeness (QED) is 0.669. The molecule has 2 unspecified atom stereocenters. The fourth-order valence-corrected chi connectivity index (χ4v) is 2.90. The molecule has 18 heavy (non-hydrogen) atoms. The van der Waals surface area contributed by atoms with Crippen LogP contribution in [0.25, 0.3) is 0 Å². The van der Waals surface area contributed by atoms with Crippen molar-refractivity contribution in [3.8, 4) is 0 Å². The molecule has 0 aromatic rings. The molecule has 0 radical (unpaired) electrons. The molecule has 2 atom stereocenters. The molecule has 6 nitrogen and oxygen atoms in total. The van der Waals surface area contributed by atoms with E-state index in [-0.39, 0.29) is 18.5 Å². The summed E-state index contributed by atoms with van der Waals surface area (Å²) >= 11 is 0. The molecule has 102 valence electrons. The van der Waals surface area contributed by atoms with Gasteiger partial charge in [-0.2, -0.15) is 0 Å². The van der Waals surface area contributed by atoms with Gasteiger partial charge in [0.25, 0.3) is 0 Å². The van der Waals surface area contributed by atoms with Crippen molar-refractivity contribution >= 4 is 11.9 Å². The van der Waals surface area contributed by atoms with Crippen molar-refractivity contribution in [3.05, 3.63) is 0 Å². The number of hydrogen-bond acceptors (Lipinski definition) is 4. The van der Waals surface area contributed by atoms with Crippen LogP contribution in [0.1, 0.15) is 19.8 Å². The zero-order valence-electron chi connectivity index (χ0n) is 10.9. The number of likely N-dealkylation sites (tertiary alicyclic amines) is 1. The fourth-order valence-electron chi connectivity index (χ4n) is 2.90. The van der Waals surface area contributed by atoms with Crippen LogP contribution in [0.2, 0.25) is 0 Å². The van der Waals surface area contributed by atoms with Gasteiger partial charge in [-0.25, -0.2) is 4.79 Å². The van der Waals surface area contributed by atoms with Crippen LogP contribution in [-0.2, 0) is 4.79 Å². The first-order valence-electron chi connectivity index (χ1n) is 6.65. The number of nitrogens with one attached hydrogen (secondary N) is 1. The average Bonchev–Trinajstić information content (AvgIpc) is 2.67. The third-order valence-electron chi connectivity index (χ3n) is 4.02. The maximum Gasteiger partial charge on any atom is 0.324 e. The van der Waals surface area contributed by atoms with Gasteiger partial charge < -0.3 is 11.1 Å². The average molecular weight is 254 g/mol. The lowest BCUT2D eigenvalue weighted by molar-refractivity contribution is -0.125. The Morgan fingerprint density at radius 2 is 2.17 bits per heavy atom. The standard InChI is InChI=1S/C12H22N4O2/c1-9-3-2-4-15(10(9)7-13)5-6-16-11(17)8-14-12(16)18/h9-10H,2-8,13H2,1H3,(H,14,18). The lowest BCUT2D eigenvalue weighted by Gasteiger charge is -2.39. The summed E-state index contributed by atoms with van der Waals surface area (Å²) in [4.78, 5) is 26.5. The Morgan fingerprint density at radius 3 is 2.78 bits per heavy atom. The van der Waals surface area contributed by atoms with E-state index in [1.54, 1.807) is 0 Å². The predicted molar refractivity (Wildman–Crippen MR) is 67.9 cm³/mol. The van der Waals surface area contributed by atoms with Crippen molar-refractivity contribution in [1.82, 2.24) is 15.1 Å². The second-order valence-electron chi connectivity index (χ2n) is 5.16. The van der Waals surface area contributed by atoms with Gasteiger partial charge in [0.05, 0.1) is 6.54 Å². The number of amides is 3. The van der Waals surface area contributed by atoms with Crippen molar-refractivity contribution in [3.63, 3.8) is 0 Å². The third kappa shape index (κ3) is 2.64. The molecule has 0 aromatic heterocycles. The summed E-state index contributed by atoms with van der Waals surface area (Å²) in [6.07, 6.45) is 2.37. The molecule has 0 aliphatic carbocycles. The van der Waals surface area contributed by atoms with E-state index in [4.69, 9.17) is 5.73 Å². The highest BCUT2D eigenvalue weighted by Gasteiger charge is 2.31. The van der Waals surface area contributed by atoms with E-state index in [0.29, 0.717) is 25.0 Å². The van der Waals surface area contributed by atoms with Crippen LogP contribution in [0.3, 0.4) is 0 Å². The van der Waals surface area contributed by atoms with E-state index in [0.717, 1.165) is 19.5 Å². The smallest absolute Gasteiger partial charge is 0.324 e. The van der Waals surface area contributed by atoms with Gasteiger partial charge in [-0.15, -0.1) is 0 Å². The number of rotatable bonds is 4. The molecular weight excluding hydrogens is 232 g/mol. The van der Waals surface area contributed by atoms with E-state index in [1.165, 1.54) is 11.3 Å². The topological polar surface area (TPSA) is 78.7 Å². The highest BCUT2D eigenvalue weighted by atomic mass is 16.2. The van der Waals surface area contributed by atoms with Crippen LogP contribution in [0.4, 0.5) is 4.79 Å². The Kier molecular flexibility index (Phi) is 4.19. The number of carbonyl (C=O) groups excluding carboxylic acids is 2. The van der Waals surface area contributed by atoms with Crippen molar-refractivity contribution in [2.24, 2.45) is 11.7 Å². The molecule has 2 saturated heterocycles. The minimum Gasteiger partial charge on any atom is -0.329 e. The zero-order chi connectivity index (χ0) is 13.1. The van der Waals surface area contributed by atoms with E-state index in [9.17, 15) is 9.59 Å². The zero-order valence-corrected chi connectivity index (χ0v) is 10.9. The SMILES string of the molecule is CC1CCCN(CCN2C(=O)CNC2=O)C1CN. The maximum absolute atomic E-state index is 11.5. The van der Waals surface area contributed by atoms with Crippen LogP contribution in [0, 0.1) is 5.92 Å². The Hall–Kier alpha value is -1.14. The molecule has 2 heterocycles. The lowest BCUT2D eigenvalue weighted by atomic mass is 9.91. The normalized spacial score (nSPS) is 29.8. The first-order valence-corrected chi connectivity index (χ1v) is 6.65. The van der Waals surface area contributed by atoms with Gasteiger partial charge >= 0.3 is 6.03 Å². The van der Waals surface area contributed by atoms with Gasteiger partial charge in [-0.1, -0.05) is 6.92 Å². The number of hydrogen-bond donors (Lipinski definition) is 2. The third-order valence-corrected chi connectivity index (χ3v) is 4.02. The van der Waals surface area contributed by atoms with Crippen LogP contribution >= 0.6 is 0 Å². The van der Waals surface area contributed by atoms with E-state index in [1.807, 2.05) is 0 Å². The number of nitrogens with two attached hydrogens (primary N) is 1. The molecule has 2 fully saturated rings. The molecule has 2 aliphatic rings. The highest BCUT2D eigenvalue weighted by Crippen LogP contribution is 2.22. The van der Waals surface area contributed by atoms with Gasteiger partial charge in [0.1, 0.15) is 0 Å². The molecule has 0 bridgehead atoms. The van der Waals surface area contributed by atoms with E-state index < -0.39 is 0 Å².